The van der Waals surface area contributed by atoms with Gasteiger partial charge in [0.15, 0.2) is 5.11 Å². The van der Waals surface area contributed by atoms with Crippen molar-refractivity contribution < 1.29 is 0 Å². The molecule has 2 aromatic carbocycles. The molecule has 1 fully saturated rings. The zero-order valence-corrected chi connectivity index (χ0v) is 20.4. The molecule has 0 saturated heterocycles. The molecule has 0 amide bonds. The lowest BCUT2D eigenvalue weighted by Gasteiger charge is -2.30. The largest absolute Gasteiger partial charge is 0.362 e. The molecule has 0 spiro atoms. The van der Waals surface area contributed by atoms with Crippen LogP contribution in [0.1, 0.15) is 25.7 Å². The standard InChI is InChI=1S/C24H30N6S2/c1-30(2)22-18-8-4-5-9-19(18)27-23(29-22)25-16-12-14-17(15-13-16)26-24(31)28-20-10-6-7-11-21(20)32-3/h4-11,16-17H,12-15H2,1-3H3,(H,25,27,29)(H2,26,28,31). The van der Waals surface area contributed by atoms with Gasteiger partial charge in [0, 0.05) is 36.5 Å². The van der Waals surface area contributed by atoms with Crippen LogP contribution in [0.3, 0.4) is 0 Å². The molecule has 1 aromatic heterocycles. The van der Waals surface area contributed by atoms with Crippen molar-refractivity contribution in [1.82, 2.24) is 15.3 Å². The van der Waals surface area contributed by atoms with Crippen molar-refractivity contribution in [3.05, 3.63) is 48.5 Å². The maximum absolute atomic E-state index is 5.57. The van der Waals surface area contributed by atoms with Crippen molar-refractivity contribution in [3.8, 4) is 0 Å². The molecule has 1 aliphatic rings. The molecule has 0 bridgehead atoms. The second-order valence-corrected chi connectivity index (χ2v) is 9.53. The molecule has 8 heteroatoms. The number of thioether (sulfide) groups is 1. The third-order valence-corrected chi connectivity index (χ3v) is 6.77. The first-order valence-corrected chi connectivity index (χ1v) is 12.6. The van der Waals surface area contributed by atoms with Gasteiger partial charge in [-0.3, -0.25) is 0 Å². The van der Waals surface area contributed by atoms with Gasteiger partial charge in [-0.2, -0.15) is 4.98 Å². The predicted octanol–water partition coefficient (Wildman–Crippen LogP) is 5.13. The van der Waals surface area contributed by atoms with Crippen molar-refractivity contribution in [2.75, 3.05) is 35.9 Å². The lowest BCUT2D eigenvalue weighted by Crippen LogP contribution is -2.42. The highest BCUT2D eigenvalue weighted by molar-refractivity contribution is 7.98. The van der Waals surface area contributed by atoms with E-state index >= 15 is 0 Å². The molecule has 0 atom stereocenters. The van der Waals surface area contributed by atoms with Crippen molar-refractivity contribution in [2.24, 2.45) is 0 Å². The van der Waals surface area contributed by atoms with Gasteiger partial charge in [-0.25, -0.2) is 4.98 Å². The smallest absolute Gasteiger partial charge is 0.225 e. The Kier molecular flexibility index (Phi) is 7.32. The summed E-state index contributed by atoms with van der Waals surface area (Å²) in [4.78, 5) is 12.8. The highest BCUT2D eigenvalue weighted by atomic mass is 32.2. The molecule has 1 saturated carbocycles. The molecule has 0 unspecified atom stereocenters. The van der Waals surface area contributed by atoms with Gasteiger partial charge in [0.05, 0.1) is 11.2 Å². The van der Waals surface area contributed by atoms with Crippen LogP contribution in [0.4, 0.5) is 17.5 Å². The van der Waals surface area contributed by atoms with Gasteiger partial charge in [0.1, 0.15) is 5.82 Å². The zero-order valence-electron chi connectivity index (χ0n) is 18.8. The summed E-state index contributed by atoms with van der Waals surface area (Å²) in [5, 5.41) is 12.2. The Balaban J connectivity index is 1.33. The van der Waals surface area contributed by atoms with E-state index in [1.165, 1.54) is 4.90 Å². The molecule has 32 heavy (non-hydrogen) atoms. The molecular formula is C24H30N6S2. The quantitative estimate of drug-likeness (QED) is 0.341. The summed E-state index contributed by atoms with van der Waals surface area (Å²) in [6.45, 7) is 0. The summed E-state index contributed by atoms with van der Waals surface area (Å²) in [6, 6.07) is 17.1. The maximum Gasteiger partial charge on any atom is 0.225 e. The molecular weight excluding hydrogens is 436 g/mol. The Labute approximate surface area is 199 Å². The molecule has 6 nitrogen and oxygen atoms in total. The molecule has 3 aromatic rings. The Bertz CT molecular complexity index is 1080. The van der Waals surface area contributed by atoms with Crippen LogP contribution in [0, 0.1) is 0 Å². The van der Waals surface area contributed by atoms with E-state index < -0.39 is 0 Å². The number of nitrogens with zero attached hydrogens (tertiary/aromatic N) is 3. The Hall–Kier alpha value is -2.58. The fourth-order valence-corrected chi connectivity index (χ4v) is 4.95. The third kappa shape index (κ3) is 5.42. The Morgan fingerprint density at radius 1 is 0.969 bits per heavy atom. The number of hydrogen-bond acceptors (Lipinski definition) is 6. The monoisotopic (exact) mass is 466 g/mol. The van der Waals surface area contributed by atoms with Crippen LogP contribution in [0.2, 0.25) is 0 Å². The van der Waals surface area contributed by atoms with E-state index in [1.54, 1.807) is 11.8 Å². The zero-order chi connectivity index (χ0) is 22.5. The van der Waals surface area contributed by atoms with E-state index in [-0.39, 0.29) is 0 Å². The Morgan fingerprint density at radius 2 is 1.66 bits per heavy atom. The summed E-state index contributed by atoms with van der Waals surface area (Å²) in [6.07, 6.45) is 6.28. The van der Waals surface area contributed by atoms with Gasteiger partial charge < -0.3 is 20.9 Å². The summed E-state index contributed by atoms with van der Waals surface area (Å²) in [7, 11) is 4.04. The highest BCUT2D eigenvalue weighted by Crippen LogP contribution is 2.27. The molecule has 3 N–H and O–H groups in total. The first kappa shape index (κ1) is 22.6. The summed E-state index contributed by atoms with van der Waals surface area (Å²) < 4.78 is 0. The number of nitrogens with one attached hydrogen (secondary N) is 3. The molecule has 4 rings (SSSR count). The normalized spacial score (nSPS) is 18.2. The first-order chi connectivity index (χ1) is 15.5. The van der Waals surface area contributed by atoms with E-state index in [1.807, 2.05) is 49.3 Å². The van der Waals surface area contributed by atoms with Gasteiger partial charge in [-0.1, -0.05) is 24.3 Å². The van der Waals surface area contributed by atoms with Crippen LogP contribution in [-0.2, 0) is 0 Å². The number of rotatable bonds is 6. The summed E-state index contributed by atoms with van der Waals surface area (Å²) >= 11 is 7.29. The minimum absolute atomic E-state index is 0.364. The number of thiocarbonyl (C=S) groups is 1. The van der Waals surface area contributed by atoms with Crippen LogP contribution in [-0.4, -0.2) is 47.5 Å². The van der Waals surface area contributed by atoms with Crippen LogP contribution < -0.4 is 20.9 Å². The minimum Gasteiger partial charge on any atom is -0.362 e. The topological polar surface area (TPSA) is 65.1 Å². The number of fused-ring (bicyclic) bond motifs is 1. The minimum atomic E-state index is 0.364. The summed E-state index contributed by atoms with van der Waals surface area (Å²) in [5.74, 6) is 1.64. The summed E-state index contributed by atoms with van der Waals surface area (Å²) in [5.41, 5.74) is 2.02. The maximum atomic E-state index is 5.57. The van der Waals surface area contributed by atoms with Gasteiger partial charge in [-0.15, -0.1) is 11.8 Å². The molecule has 1 aliphatic carbocycles. The molecule has 1 heterocycles. The van der Waals surface area contributed by atoms with Crippen LogP contribution in [0.25, 0.3) is 10.9 Å². The highest BCUT2D eigenvalue weighted by Gasteiger charge is 2.23. The van der Waals surface area contributed by atoms with Crippen LogP contribution in [0.5, 0.6) is 0 Å². The number of anilines is 3. The van der Waals surface area contributed by atoms with E-state index in [4.69, 9.17) is 22.2 Å². The van der Waals surface area contributed by atoms with E-state index in [2.05, 4.69) is 40.4 Å². The third-order valence-electron chi connectivity index (χ3n) is 5.76. The van der Waals surface area contributed by atoms with Crippen molar-refractivity contribution >= 4 is 57.4 Å². The van der Waals surface area contributed by atoms with Crippen LogP contribution >= 0.6 is 24.0 Å². The lowest BCUT2D eigenvalue weighted by atomic mass is 9.91. The first-order valence-electron chi connectivity index (χ1n) is 10.9. The number of benzene rings is 2. The lowest BCUT2D eigenvalue weighted by molar-refractivity contribution is 0.387. The molecule has 168 valence electrons. The predicted molar refractivity (Wildman–Crippen MR) is 141 cm³/mol. The fourth-order valence-electron chi connectivity index (χ4n) is 4.12. The van der Waals surface area contributed by atoms with Crippen molar-refractivity contribution in [1.29, 1.82) is 0 Å². The van der Waals surface area contributed by atoms with E-state index in [9.17, 15) is 0 Å². The second kappa shape index (κ2) is 10.4. The van der Waals surface area contributed by atoms with E-state index in [0.717, 1.165) is 48.1 Å². The van der Waals surface area contributed by atoms with Gasteiger partial charge >= 0.3 is 0 Å². The average molecular weight is 467 g/mol. The number of aromatic nitrogens is 2. The van der Waals surface area contributed by atoms with Gasteiger partial charge in [-0.05, 0) is 68.4 Å². The average Bonchev–Trinajstić information content (AvgIpc) is 2.80. The Morgan fingerprint density at radius 3 is 2.41 bits per heavy atom. The van der Waals surface area contributed by atoms with Crippen molar-refractivity contribution in [2.45, 2.75) is 42.7 Å². The fraction of sp³-hybridized carbons (Fsp3) is 0.375. The number of para-hydroxylation sites is 2. The molecule has 0 radical (unpaired) electrons. The van der Waals surface area contributed by atoms with Crippen molar-refractivity contribution in [3.63, 3.8) is 0 Å². The van der Waals surface area contributed by atoms with E-state index in [0.29, 0.717) is 23.1 Å². The van der Waals surface area contributed by atoms with Gasteiger partial charge in [0.2, 0.25) is 5.95 Å². The van der Waals surface area contributed by atoms with Gasteiger partial charge in [0.25, 0.3) is 0 Å². The second-order valence-electron chi connectivity index (χ2n) is 8.27. The van der Waals surface area contributed by atoms with Crippen LogP contribution in [0.15, 0.2) is 53.4 Å². The SMILES string of the molecule is CSc1ccccc1NC(=S)NC1CCC(Nc2nc(N(C)C)c3ccccc3n2)CC1. The molecule has 0 aliphatic heterocycles. The number of hydrogen-bond donors (Lipinski definition) is 3.